The van der Waals surface area contributed by atoms with Crippen LogP contribution in [0.5, 0.6) is 5.75 Å². The molecular weight excluding hydrogens is 524 g/mol. The number of urea groups is 1. The Morgan fingerprint density at radius 2 is 1.92 bits per heavy atom. The highest BCUT2D eigenvalue weighted by Gasteiger charge is 2.59. The van der Waals surface area contributed by atoms with Crippen molar-refractivity contribution in [1.82, 2.24) is 10.2 Å². The van der Waals surface area contributed by atoms with Crippen LogP contribution in [0.25, 0.3) is 0 Å². The van der Waals surface area contributed by atoms with E-state index in [9.17, 15) is 28.8 Å². The van der Waals surface area contributed by atoms with Crippen LogP contribution in [0, 0.1) is 5.92 Å². The molecule has 0 spiro atoms. The Bertz CT molecular complexity index is 1060. The minimum atomic E-state index is -4.12. The maximum atomic E-state index is 14.2. The largest absolute Gasteiger partial charge is 0.463 e. The van der Waals surface area contributed by atoms with Gasteiger partial charge in [0.1, 0.15) is 36.4 Å². The molecule has 1 aromatic carbocycles. The molecule has 1 saturated heterocycles. The average Bonchev–Trinajstić information content (AvgIpc) is 3.10. The van der Waals surface area contributed by atoms with E-state index >= 15 is 0 Å². The van der Waals surface area contributed by atoms with E-state index in [1.165, 1.54) is 19.9 Å². The third-order valence-corrected chi connectivity index (χ3v) is 8.19. The Labute approximate surface area is 220 Å². The number of nitrogens with two attached hydrogens (primary N) is 1. The first kappa shape index (κ1) is 30.0. The third kappa shape index (κ3) is 6.71. The maximum Gasteiger partial charge on any atom is 0.380 e. The molecule has 0 saturated carbocycles. The van der Waals surface area contributed by atoms with Crippen molar-refractivity contribution >= 4 is 19.6 Å². The van der Waals surface area contributed by atoms with Gasteiger partial charge in [0.05, 0.1) is 24.3 Å². The number of nitrogens with zero attached hydrogens (tertiary/aromatic N) is 1. The molecule has 3 rings (SSSR count). The van der Waals surface area contributed by atoms with Gasteiger partial charge in [0.15, 0.2) is 6.23 Å². The van der Waals surface area contributed by atoms with E-state index in [-0.39, 0.29) is 11.9 Å². The maximum absolute atomic E-state index is 14.2. The topological polar surface area (TPSA) is 170 Å². The van der Waals surface area contributed by atoms with Gasteiger partial charge in [-0.15, -0.1) is 0 Å². The summed E-state index contributed by atoms with van der Waals surface area (Å²) in [5, 5.41) is 22.8. The monoisotopic (exact) mass is 559 g/mol. The first-order chi connectivity index (χ1) is 17.8. The fourth-order valence-corrected chi connectivity index (χ4v) is 6.22. The molecule has 2 aliphatic rings. The highest BCUT2D eigenvalue weighted by Crippen LogP contribution is 2.52. The van der Waals surface area contributed by atoms with E-state index in [0.717, 1.165) is 11.1 Å². The lowest BCUT2D eigenvalue weighted by Crippen LogP contribution is -2.65. The number of aliphatic hydroxyl groups excluding tert-OH is 2. The van der Waals surface area contributed by atoms with Crippen molar-refractivity contribution in [2.75, 3.05) is 12.8 Å². The molecule has 0 aromatic heterocycles. The van der Waals surface area contributed by atoms with E-state index in [1.807, 2.05) is 0 Å². The number of carbonyl (C=O) groups excluding carboxylic acids is 2. The van der Waals surface area contributed by atoms with Crippen LogP contribution in [0.1, 0.15) is 27.7 Å². The molecule has 2 aliphatic heterocycles. The van der Waals surface area contributed by atoms with Crippen molar-refractivity contribution in [2.24, 2.45) is 11.7 Å². The van der Waals surface area contributed by atoms with Gasteiger partial charge in [-0.2, -0.15) is 0 Å². The van der Waals surface area contributed by atoms with Crippen LogP contribution >= 0.6 is 7.60 Å². The molecule has 2 amide bonds. The molecule has 14 heteroatoms. The second-order valence-electron chi connectivity index (χ2n) is 9.68. The standard InChI is InChI=1S/C24H35FN3O9P/c1-14(2)34-21(31)15(3)12-38(33,37-17-8-6-5-7-9-17)36-16(4)19-20(30)24(26,13-25)22(35-19)28-11-10-18(29)27-23(28)32/h5-11,14-16,18-20,22,29-30H,12-13,26H2,1-4H3,(H,27,32)/t15-,16-,18?,19-,20+,22-,24?,38+/m1/s1. The van der Waals surface area contributed by atoms with Crippen LogP contribution in [-0.2, 0) is 23.4 Å². The number of nitrogens with one attached hydrogen (secondary N) is 1. The van der Waals surface area contributed by atoms with Gasteiger partial charge in [0, 0.05) is 6.20 Å². The number of ether oxygens (including phenoxy) is 2. The van der Waals surface area contributed by atoms with E-state index in [1.54, 1.807) is 44.2 Å². The third-order valence-electron chi connectivity index (χ3n) is 6.06. The second kappa shape index (κ2) is 12.1. The quantitative estimate of drug-likeness (QED) is 0.232. The molecule has 0 aliphatic carbocycles. The summed E-state index contributed by atoms with van der Waals surface area (Å²) >= 11 is 0. The van der Waals surface area contributed by atoms with Crippen molar-refractivity contribution in [3.05, 3.63) is 42.6 Å². The summed E-state index contributed by atoms with van der Waals surface area (Å²) in [5.41, 5.74) is 4.09. The molecule has 0 bridgehead atoms. The molecule has 2 unspecified atom stereocenters. The highest BCUT2D eigenvalue weighted by atomic mass is 31.2. The Morgan fingerprint density at radius 1 is 1.26 bits per heavy atom. The van der Waals surface area contributed by atoms with Crippen molar-refractivity contribution in [3.8, 4) is 5.75 Å². The van der Waals surface area contributed by atoms with Gasteiger partial charge in [-0.3, -0.25) is 14.2 Å². The Hall–Kier alpha value is -2.54. The van der Waals surface area contributed by atoms with E-state index < -0.39 is 74.6 Å². The molecule has 1 fully saturated rings. The summed E-state index contributed by atoms with van der Waals surface area (Å²) in [5.74, 6) is -1.27. The van der Waals surface area contributed by atoms with Gasteiger partial charge in [-0.25, -0.2) is 13.8 Å². The molecule has 0 radical (unpaired) electrons. The minimum Gasteiger partial charge on any atom is -0.463 e. The number of alkyl halides is 1. The number of esters is 1. The average molecular weight is 560 g/mol. The van der Waals surface area contributed by atoms with Crippen LogP contribution in [0.4, 0.5) is 9.18 Å². The number of hydrogen-bond acceptors (Lipinski definition) is 10. The number of para-hydroxylation sites is 1. The van der Waals surface area contributed by atoms with Gasteiger partial charge >= 0.3 is 19.6 Å². The van der Waals surface area contributed by atoms with Crippen molar-refractivity contribution < 1.29 is 47.3 Å². The summed E-state index contributed by atoms with van der Waals surface area (Å²) < 4.78 is 50.7. The van der Waals surface area contributed by atoms with E-state index in [2.05, 4.69) is 5.32 Å². The molecule has 38 heavy (non-hydrogen) atoms. The van der Waals surface area contributed by atoms with Crippen molar-refractivity contribution in [2.45, 2.75) is 70.1 Å². The lowest BCUT2D eigenvalue weighted by atomic mass is 9.90. The summed E-state index contributed by atoms with van der Waals surface area (Å²) in [6.45, 7) is 5.02. The number of aliphatic hydroxyl groups is 2. The van der Waals surface area contributed by atoms with Crippen LogP contribution < -0.4 is 15.6 Å². The second-order valence-corrected chi connectivity index (χ2v) is 11.7. The zero-order chi connectivity index (χ0) is 28.3. The lowest BCUT2D eigenvalue weighted by Gasteiger charge is -2.37. The van der Waals surface area contributed by atoms with Gasteiger partial charge in [-0.05, 0) is 39.0 Å². The number of amides is 2. The Balaban J connectivity index is 1.85. The molecule has 2 heterocycles. The number of rotatable bonds is 11. The summed E-state index contributed by atoms with van der Waals surface area (Å²) in [7, 11) is -4.12. The van der Waals surface area contributed by atoms with Gasteiger partial charge < -0.3 is 35.3 Å². The molecule has 12 nitrogen and oxygen atoms in total. The van der Waals surface area contributed by atoms with Gasteiger partial charge in [0.2, 0.25) is 0 Å². The zero-order valence-electron chi connectivity index (χ0n) is 21.6. The van der Waals surface area contributed by atoms with Crippen LogP contribution in [-0.4, -0.2) is 82.4 Å². The summed E-state index contributed by atoms with van der Waals surface area (Å²) in [6.07, 6.45) is -5.37. The molecule has 212 valence electrons. The van der Waals surface area contributed by atoms with Crippen LogP contribution in [0.2, 0.25) is 0 Å². The van der Waals surface area contributed by atoms with Crippen molar-refractivity contribution in [1.29, 1.82) is 0 Å². The predicted octanol–water partition coefficient (Wildman–Crippen LogP) is 1.86. The summed E-state index contributed by atoms with van der Waals surface area (Å²) in [6, 6.07) is 7.33. The number of carbonyl (C=O) groups is 2. The Morgan fingerprint density at radius 3 is 2.50 bits per heavy atom. The molecule has 1 aromatic rings. The number of benzene rings is 1. The normalized spacial score (nSPS) is 30.4. The lowest BCUT2D eigenvalue weighted by molar-refractivity contribution is -0.151. The fourth-order valence-electron chi connectivity index (χ4n) is 4.13. The Kier molecular flexibility index (Phi) is 9.56. The predicted molar refractivity (Wildman–Crippen MR) is 134 cm³/mol. The number of hydrogen-bond donors (Lipinski definition) is 4. The van der Waals surface area contributed by atoms with Crippen LogP contribution in [0.3, 0.4) is 0 Å². The van der Waals surface area contributed by atoms with E-state index in [4.69, 9.17) is 24.3 Å². The molecular formula is C24H35FN3O9P. The first-order valence-corrected chi connectivity index (χ1v) is 13.9. The highest BCUT2D eigenvalue weighted by molar-refractivity contribution is 7.54. The van der Waals surface area contributed by atoms with Gasteiger partial charge in [0.25, 0.3) is 0 Å². The molecule has 8 atom stereocenters. The zero-order valence-corrected chi connectivity index (χ0v) is 22.5. The number of halogens is 1. The van der Waals surface area contributed by atoms with E-state index in [0.29, 0.717) is 0 Å². The van der Waals surface area contributed by atoms with Crippen LogP contribution in [0.15, 0.2) is 42.6 Å². The van der Waals surface area contributed by atoms with Crippen molar-refractivity contribution in [3.63, 3.8) is 0 Å². The summed E-state index contributed by atoms with van der Waals surface area (Å²) in [4.78, 5) is 25.7. The first-order valence-electron chi connectivity index (χ1n) is 12.2. The fraction of sp³-hybridized carbons (Fsp3) is 0.583. The van der Waals surface area contributed by atoms with Gasteiger partial charge in [-0.1, -0.05) is 25.1 Å². The minimum absolute atomic E-state index is 0.212. The smallest absolute Gasteiger partial charge is 0.380 e. The SMILES string of the molecule is CC(C)OC(=O)[C@H](C)C[P@@](=O)(Oc1ccccc1)O[C@H](C)[C@H]1O[C@@H](N2C=CC(O)NC2=O)C(N)(CF)[C@H]1O. The molecule has 5 N–H and O–H groups in total.